The molecule has 0 saturated carbocycles. The average molecular weight is 349 g/mol. The second kappa shape index (κ2) is 7.07. The summed E-state index contributed by atoms with van der Waals surface area (Å²) in [7, 11) is 0. The van der Waals surface area contributed by atoms with E-state index in [1.54, 1.807) is 29.9 Å². The van der Waals surface area contributed by atoms with Crippen molar-refractivity contribution in [3.8, 4) is 5.69 Å². The SMILES string of the molecule is O=C(/C=C/c1ccc(-n2ccnc2)cc1)N1CCC[C@H]1c1cccs1. The fraction of sp³-hybridized carbons (Fsp3) is 0.200. The number of hydrogen-bond donors (Lipinski definition) is 0. The van der Waals surface area contributed by atoms with Crippen molar-refractivity contribution in [1.29, 1.82) is 0 Å². The van der Waals surface area contributed by atoms with Gasteiger partial charge in [-0.1, -0.05) is 18.2 Å². The van der Waals surface area contributed by atoms with Crippen molar-refractivity contribution in [2.45, 2.75) is 18.9 Å². The Labute approximate surface area is 151 Å². The molecule has 0 aliphatic carbocycles. The molecule has 0 unspecified atom stereocenters. The van der Waals surface area contributed by atoms with Crippen molar-refractivity contribution >= 4 is 23.3 Å². The Morgan fingerprint density at radius 1 is 1.24 bits per heavy atom. The van der Waals surface area contributed by atoms with Crippen LogP contribution in [0.3, 0.4) is 0 Å². The van der Waals surface area contributed by atoms with E-state index in [2.05, 4.69) is 22.5 Å². The summed E-state index contributed by atoms with van der Waals surface area (Å²) in [5.41, 5.74) is 2.07. The van der Waals surface area contributed by atoms with Gasteiger partial charge in [0.2, 0.25) is 5.91 Å². The molecule has 1 fully saturated rings. The lowest BCUT2D eigenvalue weighted by Crippen LogP contribution is -2.28. The minimum atomic E-state index is 0.0922. The van der Waals surface area contributed by atoms with Gasteiger partial charge in [0.15, 0.2) is 0 Å². The van der Waals surface area contributed by atoms with E-state index in [-0.39, 0.29) is 11.9 Å². The maximum absolute atomic E-state index is 12.6. The summed E-state index contributed by atoms with van der Waals surface area (Å²) in [6.45, 7) is 0.839. The van der Waals surface area contributed by atoms with E-state index in [0.717, 1.165) is 30.6 Å². The van der Waals surface area contributed by atoms with E-state index in [4.69, 9.17) is 0 Å². The average Bonchev–Trinajstić information content (AvgIpc) is 3.41. The van der Waals surface area contributed by atoms with Gasteiger partial charge in [-0.25, -0.2) is 4.98 Å². The molecule has 1 saturated heterocycles. The number of nitrogens with zero attached hydrogens (tertiary/aromatic N) is 3. The molecule has 25 heavy (non-hydrogen) atoms. The number of carbonyl (C=O) groups is 1. The molecule has 1 amide bonds. The second-order valence-electron chi connectivity index (χ2n) is 6.10. The molecular formula is C20H19N3OS. The number of thiophene rings is 1. The normalized spacial score (nSPS) is 17.4. The van der Waals surface area contributed by atoms with Crippen molar-refractivity contribution < 1.29 is 4.79 Å². The summed E-state index contributed by atoms with van der Waals surface area (Å²) < 4.78 is 1.95. The summed E-state index contributed by atoms with van der Waals surface area (Å²) in [4.78, 5) is 19.9. The first-order chi connectivity index (χ1) is 12.3. The van der Waals surface area contributed by atoms with Crippen LogP contribution in [-0.4, -0.2) is 26.9 Å². The first kappa shape index (κ1) is 15.8. The lowest BCUT2D eigenvalue weighted by atomic mass is 10.1. The molecule has 4 nitrogen and oxygen atoms in total. The van der Waals surface area contributed by atoms with Gasteiger partial charge in [0.05, 0.1) is 12.4 Å². The fourth-order valence-electron chi connectivity index (χ4n) is 3.24. The Morgan fingerprint density at radius 3 is 2.84 bits per heavy atom. The molecule has 3 aromatic rings. The number of carbonyl (C=O) groups excluding carboxylic acids is 1. The minimum absolute atomic E-state index is 0.0922. The van der Waals surface area contributed by atoms with E-state index >= 15 is 0 Å². The number of amides is 1. The Kier molecular flexibility index (Phi) is 4.48. The topological polar surface area (TPSA) is 38.1 Å². The van der Waals surface area contributed by atoms with Crippen LogP contribution in [0.4, 0.5) is 0 Å². The molecule has 1 aliphatic rings. The third-order valence-electron chi connectivity index (χ3n) is 4.52. The molecule has 2 aromatic heterocycles. The van der Waals surface area contributed by atoms with Crippen molar-refractivity contribution in [1.82, 2.24) is 14.5 Å². The molecule has 1 aromatic carbocycles. The number of hydrogen-bond acceptors (Lipinski definition) is 3. The quantitative estimate of drug-likeness (QED) is 0.658. The predicted octanol–water partition coefficient (Wildman–Crippen LogP) is 4.31. The highest BCUT2D eigenvalue weighted by atomic mass is 32.1. The second-order valence-corrected chi connectivity index (χ2v) is 7.08. The lowest BCUT2D eigenvalue weighted by Gasteiger charge is -2.22. The Hall–Kier alpha value is -2.66. The predicted molar refractivity (Wildman–Crippen MR) is 101 cm³/mol. The Balaban J connectivity index is 1.45. The van der Waals surface area contributed by atoms with Gasteiger partial charge in [0, 0.05) is 35.6 Å². The maximum atomic E-state index is 12.6. The van der Waals surface area contributed by atoms with Gasteiger partial charge in [-0.2, -0.15) is 0 Å². The summed E-state index contributed by atoms with van der Waals surface area (Å²) >= 11 is 1.73. The molecule has 4 rings (SSSR count). The zero-order valence-electron chi connectivity index (χ0n) is 13.8. The smallest absolute Gasteiger partial charge is 0.247 e. The number of aromatic nitrogens is 2. The van der Waals surface area contributed by atoms with Crippen LogP contribution in [0.1, 0.15) is 29.3 Å². The largest absolute Gasteiger partial charge is 0.331 e. The van der Waals surface area contributed by atoms with Crippen LogP contribution in [0, 0.1) is 0 Å². The molecule has 1 aliphatic heterocycles. The molecule has 1 atom stereocenters. The Bertz CT molecular complexity index is 851. The monoisotopic (exact) mass is 349 g/mol. The van der Waals surface area contributed by atoms with Gasteiger partial charge in [-0.15, -0.1) is 11.3 Å². The standard InChI is InChI=1S/C20H19N3OS/c24-20(23-12-1-3-18(23)19-4-2-14-25-19)10-7-16-5-8-17(9-6-16)22-13-11-21-15-22/h2,4-11,13-15,18H,1,3,12H2/b10-7+/t18-/m0/s1. The first-order valence-electron chi connectivity index (χ1n) is 8.42. The zero-order valence-corrected chi connectivity index (χ0v) is 14.6. The van der Waals surface area contributed by atoms with Gasteiger partial charge in [0.25, 0.3) is 0 Å². The molecule has 0 spiro atoms. The van der Waals surface area contributed by atoms with E-state index in [1.165, 1.54) is 4.88 Å². The van der Waals surface area contributed by atoms with Gasteiger partial charge >= 0.3 is 0 Å². The Morgan fingerprint density at radius 2 is 2.12 bits per heavy atom. The molecule has 5 heteroatoms. The van der Waals surface area contributed by atoms with E-state index < -0.39 is 0 Å². The molecular weight excluding hydrogens is 330 g/mol. The molecule has 0 radical (unpaired) electrons. The van der Waals surface area contributed by atoms with Crippen molar-refractivity contribution in [2.75, 3.05) is 6.54 Å². The summed E-state index contributed by atoms with van der Waals surface area (Å²) in [6, 6.07) is 12.5. The van der Waals surface area contributed by atoms with Crippen LogP contribution in [0.15, 0.2) is 66.6 Å². The van der Waals surface area contributed by atoms with E-state index in [1.807, 2.05) is 46.0 Å². The van der Waals surface area contributed by atoms with Crippen LogP contribution in [0.25, 0.3) is 11.8 Å². The highest BCUT2D eigenvalue weighted by Crippen LogP contribution is 2.34. The van der Waals surface area contributed by atoms with Crippen molar-refractivity contribution in [2.24, 2.45) is 0 Å². The summed E-state index contributed by atoms with van der Waals surface area (Å²) in [6.07, 6.45) is 11.1. The van der Waals surface area contributed by atoms with Gasteiger partial charge < -0.3 is 9.47 Å². The highest BCUT2D eigenvalue weighted by molar-refractivity contribution is 7.10. The number of benzene rings is 1. The van der Waals surface area contributed by atoms with Crippen molar-refractivity contribution in [3.63, 3.8) is 0 Å². The first-order valence-corrected chi connectivity index (χ1v) is 9.30. The molecule has 0 bridgehead atoms. The number of likely N-dealkylation sites (tertiary alicyclic amines) is 1. The number of rotatable bonds is 4. The minimum Gasteiger partial charge on any atom is -0.331 e. The highest BCUT2D eigenvalue weighted by Gasteiger charge is 2.29. The van der Waals surface area contributed by atoms with Gasteiger partial charge in [0.1, 0.15) is 0 Å². The fourth-order valence-corrected chi connectivity index (χ4v) is 4.11. The van der Waals surface area contributed by atoms with Crippen LogP contribution in [0.2, 0.25) is 0 Å². The summed E-state index contributed by atoms with van der Waals surface area (Å²) in [5.74, 6) is 0.0922. The molecule has 126 valence electrons. The van der Waals surface area contributed by atoms with E-state index in [0.29, 0.717) is 0 Å². The molecule has 3 heterocycles. The van der Waals surface area contributed by atoms with Crippen LogP contribution in [0.5, 0.6) is 0 Å². The van der Waals surface area contributed by atoms with Crippen molar-refractivity contribution in [3.05, 3.63) is 77.0 Å². The summed E-state index contributed by atoms with van der Waals surface area (Å²) in [5, 5.41) is 2.08. The third-order valence-corrected chi connectivity index (χ3v) is 5.50. The lowest BCUT2D eigenvalue weighted by molar-refractivity contribution is -0.126. The zero-order chi connectivity index (χ0) is 17.1. The van der Waals surface area contributed by atoms with Crippen LogP contribution in [-0.2, 0) is 4.79 Å². The number of imidazole rings is 1. The maximum Gasteiger partial charge on any atom is 0.247 e. The third kappa shape index (κ3) is 3.42. The van der Waals surface area contributed by atoms with Gasteiger partial charge in [-0.05, 0) is 48.1 Å². The van der Waals surface area contributed by atoms with E-state index in [9.17, 15) is 4.79 Å². The van der Waals surface area contributed by atoms with Gasteiger partial charge in [-0.3, -0.25) is 4.79 Å². The van der Waals surface area contributed by atoms with Crippen LogP contribution >= 0.6 is 11.3 Å². The molecule has 0 N–H and O–H groups in total. The van der Waals surface area contributed by atoms with Crippen LogP contribution < -0.4 is 0 Å².